The summed E-state index contributed by atoms with van der Waals surface area (Å²) in [5.41, 5.74) is 1.52. The van der Waals surface area contributed by atoms with E-state index >= 15 is 0 Å². The largest absolute Gasteiger partial charge is 0.370 e. The van der Waals surface area contributed by atoms with E-state index in [-0.39, 0.29) is 5.82 Å². The molecule has 2 nitrogen and oxygen atoms in total. The molecule has 0 bridgehead atoms. The predicted octanol–water partition coefficient (Wildman–Crippen LogP) is 3.49. The first-order chi connectivity index (χ1) is 9.17. The predicted molar refractivity (Wildman–Crippen MR) is 79.5 cm³/mol. The van der Waals surface area contributed by atoms with Crippen molar-refractivity contribution >= 4 is 17.3 Å². The maximum absolute atomic E-state index is 14.0. The van der Waals surface area contributed by atoms with Gasteiger partial charge >= 0.3 is 0 Å². The zero-order valence-electron chi connectivity index (χ0n) is 11.7. The molecule has 1 aromatic rings. The summed E-state index contributed by atoms with van der Waals surface area (Å²) in [5, 5.41) is 0. The van der Waals surface area contributed by atoms with Gasteiger partial charge in [0.1, 0.15) is 5.82 Å². The Morgan fingerprint density at radius 3 is 2.95 bits per heavy atom. The number of likely N-dealkylation sites (tertiary alicyclic amines) is 1. The van der Waals surface area contributed by atoms with Crippen molar-refractivity contribution in [1.29, 1.82) is 0 Å². The molecular formula is C15H22ClFN2. The maximum Gasteiger partial charge on any atom is 0.146 e. The maximum atomic E-state index is 14.0. The van der Waals surface area contributed by atoms with Crippen molar-refractivity contribution in [2.24, 2.45) is 0 Å². The third-order valence-electron chi connectivity index (χ3n) is 3.99. The molecule has 1 aromatic carbocycles. The summed E-state index contributed by atoms with van der Waals surface area (Å²) in [5.74, 6) is 0.168. The van der Waals surface area contributed by atoms with Crippen molar-refractivity contribution in [2.75, 3.05) is 31.6 Å². The van der Waals surface area contributed by atoms with E-state index in [1.807, 2.05) is 18.0 Å². The summed E-state index contributed by atoms with van der Waals surface area (Å²) in [7, 11) is 1.96. The third-order valence-corrected chi connectivity index (χ3v) is 4.27. The molecule has 2 rings (SSSR count). The number of benzene rings is 1. The number of hydrogen-bond donors (Lipinski definition) is 0. The number of halogens is 2. The zero-order valence-corrected chi connectivity index (χ0v) is 12.5. The Kier molecular flexibility index (Phi) is 5.06. The highest BCUT2D eigenvalue weighted by Gasteiger charge is 2.25. The third kappa shape index (κ3) is 3.21. The van der Waals surface area contributed by atoms with Gasteiger partial charge in [-0.2, -0.15) is 0 Å². The number of anilines is 1. The van der Waals surface area contributed by atoms with Crippen molar-refractivity contribution in [1.82, 2.24) is 4.90 Å². The van der Waals surface area contributed by atoms with Gasteiger partial charge in [-0.05, 0) is 37.6 Å². The second-order valence-corrected chi connectivity index (χ2v) is 5.45. The smallest absolute Gasteiger partial charge is 0.146 e. The van der Waals surface area contributed by atoms with Crippen molar-refractivity contribution < 1.29 is 4.39 Å². The number of likely N-dealkylation sites (N-methyl/N-ethyl adjacent to an activating group) is 2. The molecule has 4 heteroatoms. The first-order valence-electron chi connectivity index (χ1n) is 6.96. The van der Waals surface area contributed by atoms with Crippen LogP contribution in [0.5, 0.6) is 0 Å². The number of hydrogen-bond acceptors (Lipinski definition) is 2. The van der Waals surface area contributed by atoms with Gasteiger partial charge in [0, 0.05) is 25.5 Å². The molecule has 0 N–H and O–H groups in total. The second kappa shape index (κ2) is 6.58. The van der Waals surface area contributed by atoms with Gasteiger partial charge in [-0.1, -0.05) is 19.1 Å². The van der Waals surface area contributed by atoms with Crippen molar-refractivity contribution in [2.45, 2.75) is 31.7 Å². The van der Waals surface area contributed by atoms with Crippen LogP contribution in [-0.4, -0.2) is 37.6 Å². The summed E-state index contributed by atoms with van der Waals surface area (Å²) in [4.78, 5) is 4.49. The zero-order chi connectivity index (χ0) is 13.8. The van der Waals surface area contributed by atoms with Crippen LogP contribution in [0.25, 0.3) is 0 Å². The van der Waals surface area contributed by atoms with Crippen molar-refractivity contribution in [3.8, 4) is 0 Å². The van der Waals surface area contributed by atoms with Crippen LogP contribution in [0.15, 0.2) is 18.2 Å². The summed E-state index contributed by atoms with van der Waals surface area (Å²) >= 11 is 5.92. The molecule has 1 unspecified atom stereocenters. The Morgan fingerprint density at radius 1 is 1.47 bits per heavy atom. The summed E-state index contributed by atoms with van der Waals surface area (Å²) < 4.78 is 14.0. The first-order valence-corrected chi connectivity index (χ1v) is 7.49. The van der Waals surface area contributed by atoms with Crippen LogP contribution in [0.3, 0.4) is 0 Å². The normalized spacial score (nSPS) is 19.9. The molecule has 1 fully saturated rings. The van der Waals surface area contributed by atoms with Crippen LogP contribution in [0, 0.1) is 5.82 Å². The quantitative estimate of drug-likeness (QED) is 0.764. The van der Waals surface area contributed by atoms with Crippen LogP contribution in [-0.2, 0) is 5.88 Å². The topological polar surface area (TPSA) is 6.48 Å². The number of para-hydroxylation sites is 1. The fourth-order valence-electron chi connectivity index (χ4n) is 3.02. The molecule has 0 amide bonds. The van der Waals surface area contributed by atoms with E-state index < -0.39 is 0 Å². The molecule has 106 valence electrons. The SMILES string of the molecule is CCN1CCCC1CN(C)c1c(F)cccc1CCl. The van der Waals surface area contributed by atoms with E-state index in [0.29, 0.717) is 17.6 Å². The van der Waals surface area contributed by atoms with Crippen LogP contribution in [0.4, 0.5) is 10.1 Å². The van der Waals surface area contributed by atoms with Gasteiger partial charge in [0.25, 0.3) is 0 Å². The van der Waals surface area contributed by atoms with Crippen LogP contribution in [0.1, 0.15) is 25.3 Å². The minimum absolute atomic E-state index is 0.179. The van der Waals surface area contributed by atoms with Crippen molar-refractivity contribution in [3.63, 3.8) is 0 Å². The molecule has 0 radical (unpaired) electrons. The first kappa shape index (κ1) is 14.6. The molecular weight excluding hydrogens is 263 g/mol. The fraction of sp³-hybridized carbons (Fsp3) is 0.600. The minimum atomic E-state index is -0.179. The highest BCUT2D eigenvalue weighted by Crippen LogP contribution is 2.27. The number of rotatable bonds is 5. The molecule has 0 saturated carbocycles. The Balaban J connectivity index is 2.13. The van der Waals surface area contributed by atoms with Crippen LogP contribution in [0.2, 0.25) is 0 Å². The molecule has 0 spiro atoms. The highest BCUT2D eigenvalue weighted by atomic mass is 35.5. The highest BCUT2D eigenvalue weighted by molar-refractivity contribution is 6.17. The lowest BCUT2D eigenvalue weighted by atomic mass is 10.1. The van der Waals surface area contributed by atoms with E-state index in [4.69, 9.17) is 11.6 Å². The van der Waals surface area contributed by atoms with Gasteiger partial charge in [-0.15, -0.1) is 11.6 Å². The van der Waals surface area contributed by atoms with Gasteiger partial charge in [0.15, 0.2) is 0 Å². The molecule has 1 atom stereocenters. The molecule has 1 heterocycles. The number of alkyl halides is 1. The average molecular weight is 285 g/mol. The second-order valence-electron chi connectivity index (χ2n) is 5.19. The van der Waals surface area contributed by atoms with Gasteiger partial charge in [-0.3, -0.25) is 4.90 Å². The molecule has 19 heavy (non-hydrogen) atoms. The lowest BCUT2D eigenvalue weighted by Gasteiger charge is -2.30. The number of nitrogens with zero attached hydrogens (tertiary/aromatic N) is 2. The van der Waals surface area contributed by atoms with E-state index in [0.717, 1.165) is 25.2 Å². The van der Waals surface area contributed by atoms with Gasteiger partial charge in [0.05, 0.1) is 5.69 Å². The van der Waals surface area contributed by atoms with E-state index in [1.54, 1.807) is 6.07 Å². The summed E-state index contributed by atoms with van der Waals surface area (Å²) in [6.07, 6.45) is 2.44. The molecule has 1 aliphatic rings. The molecule has 0 aromatic heterocycles. The Hall–Kier alpha value is -0.800. The summed E-state index contributed by atoms with van der Waals surface area (Å²) in [6, 6.07) is 5.65. The van der Waals surface area contributed by atoms with Crippen molar-refractivity contribution in [3.05, 3.63) is 29.6 Å². The minimum Gasteiger partial charge on any atom is -0.370 e. The molecule has 0 aliphatic carbocycles. The van der Waals surface area contributed by atoms with Gasteiger partial charge < -0.3 is 4.90 Å². The lowest BCUT2D eigenvalue weighted by Crippen LogP contribution is -2.39. The fourth-order valence-corrected chi connectivity index (χ4v) is 3.24. The lowest BCUT2D eigenvalue weighted by molar-refractivity contribution is 0.270. The van der Waals surface area contributed by atoms with Crippen LogP contribution < -0.4 is 4.90 Å². The van der Waals surface area contributed by atoms with E-state index in [2.05, 4.69) is 11.8 Å². The molecule has 1 saturated heterocycles. The standard InChI is InChI=1S/C15H22ClFN2/c1-3-19-9-5-7-13(19)11-18(2)15-12(10-16)6-4-8-14(15)17/h4,6,8,13H,3,5,7,9-11H2,1-2H3. The van der Waals surface area contributed by atoms with Gasteiger partial charge in [-0.25, -0.2) is 4.39 Å². The monoisotopic (exact) mass is 284 g/mol. The Labute approximate surface area is 120 Å². The molecule has 1 aliphatic heterocycles. The van der Waals surface area contributed by atoms with Crippen LogP contribution >= 0.6 is 11.6 Å². The average Bonchev–Trinajstić information content (AvgIpc) is 2.85. The van der Waals surface area contributed by atoms with Gasteiger partial charge in [0.2, 0.25) is 0 Å². The Morgan fingerprint density at radius 2 is 2.26 bits per heavy atom. The van der Waals surface area contributed by atoms with E-state index in [1.165, 1.54) is 18.9 Å². The summed E-state index contributed by atoms with van der Waals surface area (Å²) in [6.45, 7) is 5.27. The Bertz CT molecular complexity index is 425. The van der Waals surface area contributed by atoms with E-state index in [9.17, 15) is 4.39 Å².